The molecule has 0 radical (unpaired) electrons. The second-order valence-electron chi connectivity index (χ2n) is 9.23. The van der Waals surface area contributed by atoms with Gasteiger partial charge in [0.2, 0.25) is 5.78 Å². The molecule has 1 aliphatic heterocycles. The van der Waals surface area contributed by atoms with Crippen molar-refractivity contribution in [3.05, 3.63) is 46.3 Å². The number of carbonyl (C=O) groups is 6. The molecule has 3 N–H and O–H groups in total. The van der Waals surface area contributed by atoms with Gasteiger partial charge in [-0.3, -0.25) is 24.0 Å². The summed E-state index contributed by atoms with van der Waals surface area (Å²) >= 11 is 0.818. The van der Waals surface area contributed by atoms with Crippen LogP contribution in [-0.4, -0.2) is 79.5 Å². The Hall–Kier alpha value is -4.50. The van der Waals surface area contributed by atoms with Crippen LogP contribution in [0.3, 0.4) is 0 Å². The molecule has 1 aromatic heterocycles. The monoisotopic (exact) mass is 620 g/mol. The minimum Gasteiger partial charge on any atom is -0.463 e. The molecular formula is C28H32N2O12S. The molecule has 0 saturated carbocycles. The number of nitrogens with one attached hydrogen (secondary N) is 1. The average Bonchev–Trinajstić information content (AvgIpc) is 3.25. The lowest BCUT2D eigenvalue weighted by Crippen LogP contribution is -2.64. The SMILES string of the molecule is CCOC(=O)c1c(N[C@@H]2O[C@H](COC(C)=O)[C@@H](OC(C)=O)[C@H](OC(C)=O)[C@H]2OC(C)=O)sc(C(=O)c2ccccc2)c1N. The van der Waals surface area contributed by atoms with E-state index >= 15 is 0 Å². The van der Waals surface area contributed by atoms with Gasteiger partial charge in [0.25, 0.3) is 0 Å². The molecule has 1 saturated heterocycles. The third kappa shape index (κ3) is 8.29. The lowest BCUT2D eigenvalue weighted by molar-refractivity contribution is -0.247. The van der Waals surface area contributed by atoms with Crippen LogP contribution < -0.4 is 11.1 Å². The molecule has 14 nitrogen and oxygen atoms in total. The van der Waals surface area contributed by atoms with Gasteiger partial charge in [-0.25, -0.2) is 4.79 Å². The number of benzene rings is 1. The van der Waals surface area contributed by atoms with Crippen LogP contribution in [0.15, 0.2) is 30.3 Å². The van der Waals surface area contributed by atoms with Gasteiger partial charge in [-0.1, -0.05) is 30.3 Å². The summed E-state index contributed by atoms with van der Waals surface area (Å²) in [6, 6.07) is 8.23. The zero-order chi connectivity index (χ0) is 31.8. The first kappa shape index (κ1) is 33.0. The third-order valence-corrected chi connectivity index (χ3v) is 7.07. The van der Waals surface area contributed by atoms with Crippen LogP contribution in [0.5, 0.6) is 0 Å². The van der Waals surface area contributed by atoms with Crippen LogP contribution in [0.4, 0.5) is 10.7 Å². The Morgan fingerprint density at radius 1 is 0.837 bits per heavy atom. The van der Waals surface area contributed by atoms with Crippen molar-refractivity contribution in [2.45, 2.75) is 65.3 Å². The van der Waals surface area contributed by atoms with E-state index in [2.05, 4.69) is 5.32 Å². The minimum absolute atomic E-state index is 0.00538. The minimum atomic E-state index is -1.47. The molecule has 2 aromatic rings. The number of hydrogen-bond donors (Lipinski definition) is 2. The summed E-state index contributed by atoms with van der Waals surface area (Å²) in [6.45, 7) is 5.56. The molecule has 1 aromatic carbocycles. The summed E-state index contributed by atoms with van der Waals surface area (Å²) in [5.41, 5.74) is 6.28. The normalized spacial score (nSPS) is 21.2. The summed E-state index contributed by atoms with van der Waals surface area (Å²) in [7, 11) is 0. The number of ketones is 1. The first-order valence-corrected chi connectivity index (χ1v) is 13.9. The highest BCUT2D eigenvalue weighted by molar-refractivity contribution is 7.19. The van der Waals surface area contributed by atoms with Gasteiger partial charge in [-0.15, -0.1) is 11.3 Å². The number of nitrogen functional groups attached to an aromatic ring is 1. The fourth-order valence-electron chi connectivity index (χ4n) is 4.31. The van der Waals surface area contributed by atoms with E-state index in [1.807, 2.05) is 0 Å². The zero-order valence-electron chi connectivity index (χ0n) is 24.1. The van der Waals surface area contributed by atoms with Gasteiger partial charge in [0.15, 0.2) is 24.5 Å². The molecule has 0 aliphatic carbocycles. The molecule has 1 fully saturated rings. The van der Waals surface area contributed by atoms with Gasteiger partial charge in [-0.2, -0.15) is 0 Å². The molecule has 232 valence electrons. The van der Waals surface area contributed by atoms with Crippen molar-refractivity contribution in [1.29, 1.82) is 0 Å². The van der Waals surface area contributed by atoms with Gasteiger partial charge in [0.05, 0.1) is 12.3 Å². The van der Waals surface area contributed by atoms with E-state index in [0.29, 0.717) is 5.56 Å². The second-order valence-corrected chi connectivity index (χ2v) is 10.2. The topological polar surface area (TPSA) is 196 Å². The molecule has 5 atom stereocenters. The Morgan fingerprint density at radius 2 is 1.42 bits per heavy atom. The average molecular weight is 621 g/mol. The lowest BCUT2D eigenvalue weighted by atomic mass is 9.97. The Morgan fingerprint density at radius 3 is 1.98 bits per heavy atom. The van der Waals surface area contributed by atoms with Crippen LogP contribution in [0.25, 0.3) is 0 Å². The smallest absolute Gasteiger partial charge is 0.343 e. The highest BCUT2D eigenvalue weighted by Crippen LogP contribution is 2.40. The quantitative estimate of drug-likeness (QED) is 0.211. The van der Waals surface area contributed by atoms with Crippen LogP contribution in [0, 0.1) is 0 Å². The Kier molecular flexibility index (Phi) is 11.2. The van der Waals surface area contributed by atoms with Gasteiger partial charge >= 0.3 is 29.8 Å². The number of esters is 5. The molecule has 43 heavy (non-hydrogen) atoms. The van der Waals surface area contributed by atoms with E-state index in [4.69, 9.17) is 34.2 Å². The van der Waals surface area contributed by atoms with E-state index in [9.17, 15) is 28.8 Å². The molecule has 0 spiro atoms. The third-order valence-electron chi connectivity index (χ3n) is 5.93. The first-order chi connectivity index (χ1) is 20.3. The number of anilines is 2. The van der Waals surface area contributed by atoms with Crippen LogP contribution in [0.2, 0.25) is 0 Å². The number of rotatable bonds is 11. The Balaban J connectivity index is 2.13. The van der Waals surface area contributed by atoms with Crippen LogP contribution >= 0.6 is 11.3 Å². The highest BCUT2D eigenvalue weighted by atomic mass is 32.1. The van der Waals surface area contributed by atoms with E-state index in [-0.39, 0.29) is 27.7 Å². The molecule has 0 amide bonds. The van der Waals surface area contributed by atoms with Crippen molar-refractivity contribution in [3.8, 4) is 0 Å². The van der Waals surface area contributed by atoms with Crippen molar-refractivity contribution in [3.63, 3.8) is 0 Å². The standard InChI is InChI=1S/C28H32N2O12S/c1-6-37-28(36)19-20(29)25(21(35)17-10-8-7-9-11-17)43-27(19)30-26-24(41-16(5)34)23(40-15(4)33)22(39-14(3)32)18(42-26)12-38-13(2)31/h7-11,18,22-24,26,30H,6,12,29H2,1-5H3/t18-,22-,23+,24-,26-/m1/s1. The largest absolute Gasteiger partial charge is 0.463 e. The van der Waals surface area contributed by atoms with Crippen LogP contribution in [0.1, 0.15) is 60.2 Å². The van der Waals surface area contributed by atoms with E-state index in [1.165, 1.54) is 0 Å². The van der Waals surface area contributed by atoms with Crippen molar-refractivity contribution in [2.75, 3.05) is 24.3 Å². The highest BCUT2D eigenvalue weighted by Gasteiger charge is 2.52. The molecule has 2 heterocycles. The van der Waals surface area contributed by atoms with E-state index in [0.717, 1.165) is 39.0 Å². The Bertz CT molecular complexity index is 1380. The van der Waals surface area contributed by atoms with Gasteiger partial charge in [0, 0.05) is 33.3 Å². The predicted molar refractivity (Wildman–Crippen MR) is 150 cm³/mol. The Labute approximate surface area is 250 Å². The summed E-state index contributed by atoms with van der Waals surface area (Å²) in [5.74, 6) is -4.41. The van der Waals surface area contributed by atoms with E-state index in [1.54, 1.807) is 37.3 Å². The summed E-state index contributed by atoms with van der Waals surface area (Å²) in [4.78, 5) is 74.3. The van der Waals surface area contributed by atoms with Crippen molar-refractivity contribution >= 4 is 57.7 Å². The van der Waals surface area contributed by atoms with Crippen molar-refractivity contribution in [2.24, 2.45) is 0 Å². The van der Waals surface area contributed by atoms with Crippen molar-refractivity contribution < 1.29 is 57.2 Å². The maximum Gasteiger partial charge on any atom is 0.343 e. The molecule has 3 rings (SSSR count). The first-order valence-electron chi connectivity index (χ1n) is 13.1. The number of ether oxygens (including phenoxy) is 6. The predicted octanol–water partition coefficient (Wildman–Crippen LogP) is 2.23. The summed E-state index contributed by atoms with van der Waals surface area (Å²) < 4.78 is 32.6. The van der Waals surface area contributed by atoms with Gasteiger partial charge in [-0.05, 0) is 6.92 Å². The number of thiophene rings is 1. The lowest BCUT2D eigenvalue weighted by Gasteiger charge is -2.44. The van der Waals surface area contributed by atoms with Crippen LogP contribution in [-0.2, 0) is 47.6 Å². The molecule has 15 heteroatoms. The number of carbonyl (C=O) groups excluding carboxylic acids is 6. The van der Waals surface area contributed by atoms with E-state index < -0.39 is 72.9 Å². The van der Waals surface area contributed by atoms with Crippen molar-refractivity contribution in [1.82, 2.24) is 0 Å². The summed E-state index contributed by atoms with van der Waals surface area (Å²) in [5, 5.41) is 2.93. The number of nitrogens with two attached hydrogens (primary N) is 1. The molecule has 0 unspecified atom stereocenters. The maximum atomic E-state index is 13.3. The maximum absolute atomic E-state index is 13.3. The molecule has 1 aliphatic rings. The second kappa shape index (κ2) is 14.6. The molecule has 0 bridgehead atoms. The summed E-state index contributed by atoms with van der Waals surface area (Å²) in [6.07, 6.45) is -6.95. The zero-order valence-corrected chi connectivity index (χ0v) is 24.9. The molecular weight excluding hydrogens is 588 g/mol. The number of hydrogen-bond acceptors (Lipinski definition) is 15. The van der Waals surface area contributed by atoms with Gasteiger partial charge < -0.3 is 39.5 Å². The fraction of sp³-hybridized carbons (Fsp3) is 0.429. The van der Waals surface area contributed by atoms with Gasteiger partial charge in [0.1, 0.15) is 28.2 Å². The fourth-order valence-corrected chi connectivity index (χ4v) is 5.41.